The third kappa shape index (κ3) is 5.46. The minimum absolute atomic E-state index is 0.570. The van der Waals surface area contributed by atoms with E-state index in [2.05, 4.69) is 29.3 Å². The minimum Gasteiger partial charge on any atom is -0.411 e. The van der Waals surface area contributed by atoms with Gasteiger partial charge in [0.1, 0.15) is 0 Å². The number of hydrogen-bond acceptors (Lipinski definition) is 6. The van der Waals surface area contributed by atoms with Crippen LogP contribution >= 0.6 is 11.8 Å². The Bertz CT molecular complexity index is 768. The van der Waals surface area contributed by atoms with Gasteiger partial charge in [-0.1, -0.05) is 59.8 Å². The van der Waals surface area contributed by atoms with Crippen molar-refractivity contribution >= 4 is 23.3 Å². The van der Waals surface area contributed by atoms with Crippen molar-refractivity contribution in [2.45, 2.75) is 17.9 Å². The van der Waals surface area contributed by atoms with E-state index >= 15 is 0 Å². The van der Waals surface area contributed by atoms with Gasteiger partial charge in [0.2, 0.25) is 5.89 Å². The molecule has 0 unspecified atom stereocenters. The highest BCUT2D eigenvalue weighted by Crippen LogP contribution is 2.25. The number of aromatic nitrogens is 2. The molecule has 0 saturated heterocycles. The summed E-state index contributed by atoms with van der Waals surface area (Å²) >= 11 is 0.802. The zero-order chi connectivity index (χ0) is 16.5. The largest absolute Gasteiger partial charge is 0.411 e. The van der Waals surface area contributed by atoms with Crippen molar-refractivity contribution < 1.29 is 12.8 Å². The number of nitrogens with zero attached hydrogens (tertiary/aromatic N) is 2. The maximum Gasteiger partial charge on any atom is 0.335 e. The molecule has 23 heavy (non-hydrogen) atoms. The molecule has 0 bridgehead atoms. The van der Waals surface area contributed by atoms with E-state index in [9.17, 15) is 0 Å². The summed E-state index contributed by atoms with van der Waals surface area (Å²) < 4.78 is 22.3. The normalized spacial score (nSPS) is 9.78. The van der Waals surface area contributed by atoms with Crippen molar-refractivity contribution in [1.82, 2.24) is 10.2 Å². The van der Waals surface area contributed by atoms with E-state index < -0.39 is 11.6 Å². The van der Waals surface area contributed by atoms with Crippen LogP contribution in [-0.2, 0) is 17.3 Å². The van der Waals surface area contributed by atoms with Crippen molar-refractivity contribution in [3.63, 3.8) is 0 Å². The van der Waals surface area contributed by atoms with Crippen LogP contribution in [0.5, 0.6) is 0 Å². The molecule has 0 aliphatic heterocycles. The quantitative estimate of drug-likeness (QED) is 0.671. The number of hydrogen-bond donors (Lipinski definition) is 0. The van der Waals surface area contributed by atoms with E-state index in [4.69, 9.17) is 12.8 Å². The first-order chi connectivity index (χ1) is 11.2. The first-order valence-corrected chi connectivity index (χ1v) is 8.37. The number of rotatable bonds is 4. The van der Waals surface area contributed by atoms with Gasteiger partial charge in [0.15, 0.2) is 0 Å². The number of aryl methyl sites for hydroxylation is 1. The van der Waals surface area contributed by atoms with Gasteiger partial charge >= 0.3 is 11.6 Å². The van der Waals surface area contributed by atoms with Gasteiger partial charge in [-0.05, 0) is 24.6 Å². The summed E-state index contributed by atoms with van der Waals surface area (Å²) in [7, 11) is 0. The Balaban J connectivity index is 0.000000595. The molecular formula is C16H14N2O3S2. The van der Waals surface area contributed by atoms with E-state index in [1.807, 2.05) is 42.5 Å². The molecule has 1 aromatic heterocycles. The summed E-state index contributed by atoms with van der Waals surface area (Å²) in [6, 6.07) is 18.3. The molecule has 0 radical (unpaired) electrons. The Kier molecular flexibility index (Phi) is 6.71. The predicted molar refractivity (Wildman–Crippen MR) is 89.4 cm³/mol. The van der Waals surface area contributed by atoms with Gasteiger partial charge in [-0.15, -0.1) is 10.2 Å². The Hall–Kier alpha value is -2.25. The van der Waals surface area contributed by atoms with Gasteiger partial charge in [-0.3, -0.25) is 0 Å². The summed E-state index contributed by atoms with van der Waals surface area (Å²) in [4.78, 5) is 0. The molecule has 7 heteroatoms. The zero-order valence-corrected chi connectivity index (χ0v) is 14.0. The summed E-state index contributed by atoms with van der Waals surface area (Å²) in [6.07, 6.45) is 0. The summed E-state index contributed by atoms with van der Waals surface area (Å²) in [6.45, 7) is 2.05. The molecule has 0 amide bonds. The Morgan fingerprint density at radius 1 is 0.957 bits per heavy atom. The first-order valence-electron chi connectivity index (χ1n) is 6.72. The summed E-state index contributed by atoms with van der Waals surface area (Å²) in [5.41, 5.74) is 3.41. The maximum absolute atomic E-state index is 8.29. The molecule has 0 N–H and O–H groups in total. The highest BCUT2D eigenvalue weighted by molar-refractivity contribution is 7.98. The fourth-order valence-corrected chi connectivity index (χ4v) is 2.52. The van der Waals surface area contributed by atoms with Gasteiger partial charge in [-0.2, -0.15) is 8.42 Å². The van der Waals surface area contributed by atoms with E-state index in [0.29, 0.717) is 11.1 Å². The lowest BCUT2D eigenvalue weighted by atomic mass is 10.1. The van der Waals surface area contributed by atoms with Gasteiger partial charge in [0.05, 0.1) is 0 Å². The van der Waals surface area contributed by atoms with Crippen LogP contribution in [0.4, 0.5) is 0 Å². The van der Waals surface area contributed by atoms with Crippen LogP contribution in [0, 0.1) is 6.92 Å². The van der Waals surface area contributed by atoms with Gasteiger partial charge < -0.3 is 4.42 Å². The Labute approximate surface area is 141 Å². The topological polar surface area (TPSA) is 73.1 Å². The molecule has 2 aromatic carbocycles. The zero-order valence-electron chi connectivity index (χ0n) is 12.3. The third-order valence-electron chi connectivity index (χ3n) is 2.91. The van der Waals surface area contributed by atoms with E-state index in [1.165, 1.54) is 11.1 Å². The van der Waals surface area contributed by atoms with Crippen molar-refractivity contribution in [2.24, 2.45) is 0 Å². The molecule has 0 saturated carbocycles. The molecule has 5 nitrogen and oxygen atoms in total. The molecule has 118 valence electrons. The smallest absolute Gasteiger partial charge is 0.335 e. The van der Waals surface area contributed by atoms with Crippen molar-refractivity contribution in [3.05, 3.63) is 65.7 Å². The Morgan fingerprint density at radius 2 is 1.61 bits per heavy atom. The van der Waals surface area contributed by atoms with Crippen LogP contribution in [0.15, 0.2) is 64.2 Å². The number of benzene rings is 2. The lowest BCUT2D eigenvalue weighted by molar-refractivity contribution is 0.466. The van der Waals surface area contributed by atoms with Gasteiger partial charge in [0.25, 0.3) is 5.22 Å². The molecule has 0 fully saturated rings. The van der Waals surface area contributed by atoms with Crippen LogP contribution in [-0.4, -0.2) is 18.6 Å². The average molecular weight is 346 g/mol. The SMILES string of the molecule is Cc1ccc(-c2nnc(SCc3ccccc3)o2)cc1.O=S=O. The fraction of sp³-hybridized carbons (Fsp3) is 0.125. The highest BCUT2D eigenvalue weighted by Gasteiger charge is 2.08. The lowest BCUT2D eigenvalue weighted by Crippen LogP contribution is -1.79. The molecular weight excluding hydrogens is 332 g/mol. The summed E-state index contributed by atoms with van der Waals surface area (Å²) in [5, 5.41) is 8.77. The van der Waals surface area contributed by atoms with Crippen LogP contribution < -0.4 is 0 Å². The van der Waals surface area contributed by atoms with Crippen LogP contribution in [0.2, 0.25) is 0 Å². The van der Waals surface area contributed by atoms with Gasteiger partial charge in [-0.25, -0.2) is 0 Å². The minimum atomic E-state index is -0.750. The summed E-state index contributed by atoms with van der Waals surface area (Å²) in [5.74, 6) is 1.40. The molecule has 1 heterocycles. The van der Waals surface area contributed by atoms with E-state index in [0.717, 1.165) is 11.3 Å². The molecule has 0 atom stereocenters. The number of thioether (sulfide) groups is 1. The van der Waals surface area contributed by atoms with Crippen molar-refractivity contribution in [3.8, 4) is 11.5 Å². The molecule has 3 rings (SSSR count). The predicted octanol–water partition coefficient (Wildman–Crippen LogP) is 3.67. The lowest BCUT2D eigenvalue weighted by Gasteiger charge is -1.97. The standard InChI is InChI=1S/C16H14N2OS.O2S/c1-12-7-9-14(10-8-12)15-17-18-16(19-15)20-11-13-5-3-2-4-6-13;1-3-2/h2-10H,11H2,1H3;. The monoisotopic (exact) mass is 346 g/mol. The third-order valence-corrected chi connectivity index (χ3v) is 3.80. The molecule has 0 aliphatic rings. The fourth-order valence-electron chi connectivity index (χ4n) is 1.80. The maximum atomic E-state index is 8.29. The molecule has 0 aliphatic carbocycles. The van der Waals surface area contributed by atoms with E-state index in [1.54, 1.807) is 11.8 Å². The first kappa shape index (κ1) is 17.1. The second kappa shape index (κ2) is 9.02. The highest BCUT2D eigenvalue weighted by atomic mass is 32.2. The van der Waals surface area contributed by atoms with Gasteiger partial charge in [0, 0.05) is 11.3 Å². The van der Waals surface area contributed by atoms with E-state index in [-0.39, 0.29) is 0 Å². The second-order valence-electron chi connectivity index (χ2n) is 4.58. The van der Waals surface area contributed by atoms with Crippen molar-refractivity contribution in [1.29, 1.82) is 0 Å². The average Bonchev–Trinajstić information content (AvgIpc) is 3.04. The van der Waals surface area contributed by atoms with Crippen LogP contribution in [0.25, 0.3) is 11.5 Å². The van der Waals surface area contributed by atoms with Crippen LogP contribution in [0.3, 0.4) is 0 Å². The molecule has 0 spiro atoms. The Morgan fingerprint density at radius 3 is 2.26 bits per heavy atom. The second-order valence-corrected chi connectivity index (χ2v) is 5.64. The van der Waals surface area contributed by atoms with Crippen LogP contribution in [0.1, 0.15) is 11.1 Å². The molecule has 3 aromatic rings. The van der Waals surface area contributed by atoms with Crippen molar-refractivity contribution in [2.75, 3.05) is 0 Å².